The number of carbonyl (C=O) groups is 2. The number of benzene rings is 2. The van der Waals surface area contributed by atoms with Crippen LogP contribution in [-0.4, -0.2) is 52.7 Å². The van der Waals surface area contributed by atoms with Crippen LogP contribution in [0, 0.1) is 10.1 Å². The van der Waals surface area contributed by atoms with E-state index in [1.54, 1.807) is 34.1 Å². The van der Waals surface area contributed by atoms with Crippen LogP contribution in [0.3, 0.4) is 0 Å². The summed E-state index contributed by atoms with van der Waals surface area (Å²) < 4.78 is 0. The molecule has 27 heavy (non-hydrogen) atoms. The molecular formula is C18H15Cl2N3O4. The Hall–Kier alpha value is -2.64. The van der Waals surface area contributed by atoms with Crippen LogP contribution in [-0.2, 0) is 0 Å². The van der Waals surface area contributed by atoms with Crippen LogP contribution >= 0.6 is 23.2 Å². The summed E-state index contributed by atoms with van der Waals surface area (Å²) in [5, 5.41) is 11.4. The fourth-order valence-electron chi connectivity index (χ4n) is 2.89. The number of non-ortho nitro benzene ring substituents is 1. The molecule has 2 aromatic rings. The number of hydrogen-bond donors (Lipinski definition) is 0. The van der Waals surface area contributed by atoms with Gasteiger partial charge in [-0.1, -0.05) is 35.3 Å². The van der Waals surface area contributed by atoms with Gasteiger partial charge in [-0.3, -0.25) is 19.7 Å². The van der Waals surface area contributed by atoms with Gasteiger partial charge in [-0.15, -0.1) is 0 Å². The standard InChI is InChI=1S/C18H15Cl2N3O4/c19-15-6-2-5-14(16(15)20)18(25)22-9-7-21(8-10-22)17(24)12-3-1-4-13(11-12)23(26)27/h1-6,11H,7-10H2. The van der Waals surface area contributed by atoms with Crippen molar-refractivity contribution in [3.8, 4) is 0 Å². The summed E-state index contributed by atoms with van der Waals surface area (Å²) in [7, 11) is 0. The van der Waals surface area contributed by atoms with Gasteiger partial charge in [0, 0.05) is 43.9 Å². The average Bonchev–Trinajstić information content (AvgIpc) is 2.69. The van der Waals surface area contributed by atoms with Gasteiger partial charge in [-0.25, -0.2) is 0 Å². The van der Waals surface area contributed by atoms with Gasteiger partial charge >= 0.3 is 0 Å². The summed E-state index contributed by atoms with van der Waals surface area (Å²) in [6.45, 7) is 1.32. The quantitative estimate of drug-likeness (QED) is 0.575. The van der Waals surface area contributed by atoms with Crippen LogP contribution in [0.15, 0.2) is 42.5 Å². The third-order valence-electron chi connectivity index (χ3n) is 4.34. The molecule has 3 rings (SSSR count). The lowest BCUT2D eigenvalue weighted by molar-refractivity contribution is -0.384. The minimum atomic E-state index is -0.540. The molecule has 0 aromatic heterocycles. The highest BCUT2D eigenvalue weighted by Gasteiger charge is 2.27. The Labute approximate surface area is 165 Å². The molecule has 7 nitrogen and oxygen atoms in total. The van der Waals surface area contributed by atoms with E-state index in [1.807, 2.05) is 0 Å². The third-order valence-corrected chi connectivity index (χ3v) is 5.16. The van der Waals surface area contributed by atoms with Crippen molar-refractivity contribution in [2.24, 2.45) is 0 Å². The van der Waals surface area contributed by atoms with E-state index < -0.39 is 4.92 Å². The summed E-state index contributed by atoms with van der Waals surface area (Å²) in [6.07, 6.45) is 0. The molecule has 0 saturated carbocycles. The van der Waals surface area contributed by atoms with E-state index in [0.29, 0.717) is 36.8 Å². The molecule has 0 spiro atoms. The Balaban J connectivity index is 1.67. The Morgan fingerprint density at radius 3 is 2.15 bits per heavy atom. The summed E-state index contributed by atoms with van der Waals surface area (Å²) in [4.78, 5) is 38.7. The fourth-order valence-corrected chi connectivity index (χ4v) is 3.27. The molecule has 1 aliphatic rings. The number of piperazine rings is 1. The highest BCUT2D eigenvalue weighted by Crippen LogP contribution is 2.27. The van der Waals surface area contributed by atoms with Crippen molar-refractivity contribution >= 4 is 40.7 Å². The third kappa shape index (κ3) is 4.04. The lowest BCUT2D eigenvalue weighted by Crippen LogP contribution is -2.50. The molecule has 1 fully saturated rings. The van der Waals surface area contributed by atoms with Crippen molar-refractivity contribution in [3.05, 3.63) is 73.8 Å². The topological polar surface area (TPSA) is 83.8 Å². The van der Waals surface area contributed by atoms with Gasteiger partial charge in [0.1, 0.15) is 0 Å². The Bertz CT molecular complexity index is 911. The van der Waals surface area contributed by atoms with Crippen molar-refractivity contribution in [2.75, 3.05) is 26.2 Å². The van der Waals surface area contributed by atoms with Crippen LogP contribution in [0.1, 0.15) is 20.7 Å². The molecule has 0 radical (unpaired) electrons. The first kappa shape index (κ1) is 19.1. The van der Waals surface area contributed by atoms with Gasteiger partial charge < -0.3 is 9.80 Å². The predicted molar refractivity (Wildman–Crippen MR) is 101 cm³/mol. The molecule has 9 heteroatoms. The second-order valence-electron chi connectivity index (χ2n) is 5.99. The number of carbonyl (C=O) groups excluding carboxylic acids is 2. The molecule has 0 N–H and O–H groups in total. The summed E-state index contributed by atoms with van der Waals surface area (Å²) in [6, 6.07) is 10.5. The molecule has 1 heterocycles. The SMILES string of the molecule is O=C(c1cccc([N+](=O)[O-])c1)N1CCN(C(=O)c2cccc(Cl)c2Cl)CC1. The normalized spacial score (nSPS) is 14.1. The maximum atomic E-state index is 12.6. The number of nitrogens with zero attached hydrogens (tertiary/aromatic N) is 3. The lowest BCUT2D eigenvalue weighted by atomic mass is 10.1. The summed E-state index contributed by atoms with van der Waals surface area (Å²) >= 11 is 12.1. The first-order chi connectivity index (χ1) is 12.9. The molecule has 1 saturated heterocycles. The largest absolute Gasteiger partial charge is 0.335 e. The first-order valence-electron chi connectivity index (χ1n) is 8.15. The molecule has 0 aliphatic carbocycles. The molecule has 2 aromatic carbocycles. The summed E-state index contributed by atoms with van der Waals surface area (Å²) in [5.41, 5.74) is 0.440. The zero-order chi connectivity index (χ0) is 19.6. The molecule has 140 valence electrons. The molecule has 0 bridgehead atoms. The second-order valence-corrected chi connectivity index (χ2v) is 6.78. The van der Waals surface area contributed by atoms with E-state index in [4.69, 9.17) is 23.2 Å². The van der Waals surface area contributed by atoms with Gasteiger partial charge in [0.25, 0.3) is 17.5 Å². The van der Waals surface area contributed by atoms with Crippen molar-refractivity contribution in [2.45, 2.75) is 0 Å². The van der Waals surface area contributed by atoms with Crippen LogP contribution in [0.25, 0.3) is 0 Å². The van der Waals surface area contributed by atoms with Gasteiger partial charge in [-0.2, -0.15) is 0 Å². The van der Waals surface area contributed by atoms with Crippen LogP contribution in [0.2, 0.25) is 10.0 Å². The van der Waals surface area contributed by atoms with E-state index >= 15 is 0 Å². The monoisotopic (exact) mass is 407 g/mol. The Kier molecular flexibility index (Phi) is 5.62. The highest BCUT2D eigenvalue weighted by molar-refractivity contribution is 6.43. The molecular weight excluding hydrogens is 393 g/mol. The second kappa shape index (κ2) is 7.94. The van der Waals surface area contributed by atoms with Crippen molar-refractivity contribution < 1.29 is 14.5 Å². The number of amides is 2. The predicted octanol–water partition coefficient (Wildman–Crippen LogP) is 3.50. The van der Waals surface area contributed by atoms with E-state index in [2.05, 4.69) is 0 Å². The van der Waals surface area contributed by atoms with Gasteiger partial charge in [0.2, 0.25) is 0 Å². The fraction of sp³-hybridized carbons (Fsp3) is 0.222. The Morgan fingerprint density at radius 1 is 0.926 bits per heavy atom. The smallest absolute Gasteiger partial charge is 0.270 e. The van der Waals surface area contributed by atoms with E-state index in [9.17, 15) is 19.7 Å². The van der Waals surface area contributed by atoms with Crippen molar-refractivity contribution in [1.29, 1.82) is 0 Å². The van der Waals surface area contributed by atoms with E-state index in [0.717, 1.165) is 0 Å². The number of nitro benzene ring substituents is 1. The van der Waals surface area contributed by atoms with Gasteiger partial charge in [-0.05, 0) is 18.2 Å². The number of halogens is 2. The van der Waals surface area contributed by atoms with E-state index in [-0.39, 0.29) is 28.1 Å². The summed E-state index contributed by atoms with van der Waals surface area (Å²) in [5.74, 6) is -0.545. The zero-order valence-corrected chi connectivity index (χ0v) is 15.6. The maximum Gasteiger partial charge on any atom is 0.270 e. The molecule has 2 amide bonds. The number of rotatable bonds is 3. The average molecular weight is 408 g/mol. The molecule has 0 unspecified atom stereocenters. The molecule has 1 aliphatic heterocycles. The van der Waals surface area contributed by atoms with Gasteiger partial charge in [0.05, 0.1) is 20.5 Å². The van der Waals surface area contributed by atoms with Gasteiger partial charge in [0.15, 0.2) is 0 Å². The zero-order valence-electron chi connectivity index (χ0n) is 14.1. The maximum absolute atomic E-state index is 12.6. The lowest BCUT2D eigenvalue weighted by Gasteiger charge is -2.35. The minimum Gasteiger partial charge on any atom is -0.335 e. The van der Waals surface area contributed by atoms with Crippen LogP contribution in [0.4, 0.5) is 5.69 Å². The molecule has 0 atom stereocenters. The van der Waals surface area contributed by atoms with Crippen LogP contribution < -0.4 is 0 Å². The van der Waals surface area contributed by atoms with E-state index in [1.165, 1.54) is 18.2 Å². The Morgan fingerprint density at radius 2 is 1.52 bits per heavy atom. The number of hydrogen-bond acceptors (Lipinski definition) is 4. The van der Waals surface area contributed by atoms with Crippen LogP contribution in [0.5, 0.6) is 0 Å². The number of nitro groups is 1. The minimum absolute atomic E-state index is 0.134. The highest BCUT2D eigenvalue weighted by atomic mass is 35.5. The van der Waals surface area contributed by atoms with Crippen molar-refractivity contribution in [3.63, 3.8) is 0 Å². The van der Waals surface area contributed by atoms with Crippen molar-refractivity contribution in [1.82, 2.24) is 9.80 Å². The first-order valence-corrected chi connectivity index (χ1v) is 8.91.